The predicted octanol–water partition coefficient (Wildman–Crippen LogP) is 4.04. The number of aromatic nitrogens is 1. The molecular formula is C11H6Cl2FNO2S. The fourth-order valence-corrected chi connectivity index (χ4v) is 2.79. The third-order valence-corrected chi connectivity index (χ3v) is 3.90. The Labute approximate surface area is 116 Å². The zero-order valence-corrected chi connectivity index (χ0v) is 11.4. The van der Waals surface area contributed by atoms with E-state index in [1.54, 1.807) is 0 Å². The van der Waals surface area contributed by atoms with Crippen molar-refractivity contribution in [2.75, 3.05) is 7.11 Å². The molecule has 2 aromatic rings. The smallest absolute Gasteiger partial charge is 0.351 e. The van der Waals surface area contributed by atoms with Crippen LogP contribution in [0.25, 0.3) is 10.6 Å². The monoisotopic (exact) mass is 305 g/mol. The van der Waals surface area contributed by atoms with Gasteiger partial charge in [-0.3, -0.25) is 0 Å². The number of rotatable bonds is 2. The number of nitrogens with zero attached hydrogens (tertiary/aromatic N) is 1. The van der Waals surface area contributed by atoms with Gasteiger partial charge in [-0.05, 0) is 18.2 Å². The lowest BCUT2D eigenvalue weighted by atomic mass is 10.2. The molecule has 0 N–H and O–H groups in total. The minimum Gasteiger partial charge on any atom is -0.465 e. The Morgan fingerprint density at radius 3 is 2.83 bits per heavy atom. The van der Waals surface area contributed by atoms with E-state index >= 15 is 0 Å². The van der Waals surface area contributed by atoms with Gasteiger partial charge in [0.25, 0.3) is 0 Å². The largest absolute Gasteiger partial charge is 0.465 e. The minimum atomic E-state index is -0.587. The van der Waals surface area contributed by atoms with Gasteiger partial charge < -0.3 is 4.74 Å². The highest BCUT2D eigenvalue weighted by Crippen LogP contribution is 2.35. The number of hydrogen-bond donors (Lipinski definition) is 0. The molecule has 0 spiro atoms. The van der Waals surface area contributed by atoms with Gasteiger partial charge in [0.2, 0.25) is 0 Å². The molecule has 0 saturated carbocycles. The van der Waals surface area contributed by atoms with E-state index in [-0.39, 0.29) is 10.0 Å². The van der Waals surface area contributed by atoms with Gasteiger partial charge in [-0.2, -0.15) is 0 Å². The van der Waals surface area contributed by atoms with E-state index in [0.717, 1.165) is 11.3 Å². The molecule has 0 fully saturated rings. The molecule has 7 heteroatoms. The van der Waals surface area contributed by atoms with Crippen LogP contribution in [0.5, 0.6) is 0 Å². The Bertz CT molecular complexity index is 615. The molecule has 3 nitrogen and oxygen atoms in total. The second kappa shape index (κ2) is 5.22. The maximum atomic E-state index is 13.2. The first kappa shape index (κ1) is 13.3. The van der Waals surface area contributed by atoms with Crippen LogP contribution in [0.1, 0.15) is 9.67 Å². The molecule has 0 bridgehead atoms. The number of carbonyl (C=O) groups excluding carboxylic acids is 1. The second-order valence-electron chi connectivity index (χ2n) is 3.25. The Kier molecular flexibility index (Phi) is 3.85. The number of ether oxygens (including phenoxy) is 1. The van der Waals surface area contributed by atoms with Crippen LogP contribution in [0.4, 0.5) is 4.39 Å². The van der Waals surface area contributed by atoms with Crippen molar-refractivity contribution in [3.63, 3.8) is 0 Å². The third-order valence-electron chi connectivity index (χ3n) is 2.12. The molecule has 1 aromatic carbocycles. The molecule has 2 rings (SSSR count). The maximum absolute atomic E-state index is 13.2. The normalized spacial score (nSPS) is 10.4. The number of halogens is 3. The van der Waals surface area contributed by atoms with E-state index < -0.39 is 11.8 Å². The maximum Gasteiger partial charge on any atom is 0.351 e. The average Bonchev–Trinajstić information content (AvgIpc) is 2.73. The second-order valence-corrected chi connectivity index (χ2v) is 5.02. The molecule has 94 valence electrons. The van der Waals surface area contributed by atoms with E-state index in [2.05, 4.69) is 9.72 Å². The third kappa shape index (κ3) is 2.48. The van der Waals surface area contributed by atoms with Crippen LogP contribution in [-0.2, 0) is 4.74 Å². The summed E-state index contributed by atoms with van der Waals surface area (Å²) in [4.78, 5) is 15.5. The van der Waals surface area contributed by atoms with Crippen LogP contribution in [0, 0.1) is 5.82 Å². The molecule has 1 heterocycles. The van der Waals surface area contributed by atoms with E-state index in [0.29, 0.717) is 15.6 Å². The summed E-state index contributed by atoms with van der Waals surface area (Å²) in [5.41, 5.74) is 0.388. The molecule has 0 atom stereocenters. The van der Waals surface area contributed by atoms with E-state index in [9.17, 15) is 9.18 Å². The lowest BCUT2D eigenvalue weighted by molar-refractivity contribution is 0.0606. The van der Waals surface area contributed by atoms with Gasteiger partial charge in [0.05, 0.1) is 12.1 Å². The minimum absolute atomic E-state index is 0.0159. The van der Waals surface area contributed by atoms with Gasteiger partial charge in [-0.25, -0.2) is 14.2 Å². The SMILES string of the molecule is COC(=O)c1sc(-c2cc(F)ccc2Cl)nc1Cl. The van der Waals surface area contributed by atoms with Gasteiger partial charge in [-0.15, -0.1) is 11.3 Å². The van der Waals surface area contributed by atoms with Crippen molar-refractivity contribution in [3.8, 4) is 10.6 Å². The highest BCUT2D eigenvalue weighted by molar-refractivity contribution is 7.17. The van der Waals surface area contributed by atoms with Gasteiger partial charge in [0.15, 0.2) is 10.0 Å². The van der Waals surface area contributed by atoms with Crippen molar-refractivity contribution < 1.29 is 13.9 Å². The van der Waals surface area contributed by atoms with E-state index in [1.807, 2.05) is 0 Å². The summed E-state index contributed by atoms with van der Waals surface area (Å²) < 4.78 is 17.7. The summed E-state index contributed by atoms with van der Waals surface area (Å²) in [5, 5.41) is 0.713. The first-order valence-corrected chi connectivity index (χ1v) is 6.30. The van der Waals surface area contributed by atoms with Crippen molar-refractivity contribution in [1.82, 2.24) is 4.98 Å². The van der Waals surface area contributed by atoms with Crippen molar-refractivity contribution in [1.29, 1.82) is 0 Å². The fraction of sp³-hybridized carbons (Fsp3) is 0.0909. The van der Waals surface area contributed by atoms with Crippen LogP contribution in [-0.4, -0.2) is 18.1 Å². The van der Waals surface area contributed by atoms with Crippen LogP contribution in [0.2, 0.25) is 10.2 Å². The standard InChI is InChI=1S/C11H6Cl2FNO2S/c1-17-11(16)8-9(13)15-10(18-8)6-4-5(14)2-3-7(6)12/h2-4H,1H3. The molecule has 18 heavy (non-hydrogen) atoms. The zero-order valence-electron chi connectivity index (χ0n) is 9.04. The predicted molar refractivity (Wildman–Crippen MR) is 68.9 cm³/mol. The fourth-order valence-electron chi connectivity index (χ4n) is 1.30. The zero-order chi connectivity index (χ0) is 13.3. The number of methoxy groups -OCH3 is 1. The summed E-state index contributed by atoms with van der Waals surface area (Å²) in [6.45, 7) is 0. The Morgan fingerprint density at radius 2 is 2.17 bits per heavy atom. The van der Waals surface area contributed by atoms with Gasteiger partial charge in [-0.1, -0.05) is 23.2 Å². The quantitative estimate of drug-likeness (QED) is 0.786. The van der Waals surface area contributed by atoms with Gasteiger partial charge in [0, 0.05) is 5.56 Å². The highest BCUT2D eigenvalue weighted by atomic mass is 35.5. The first-order chi connectivity index (χ1) is 8.52. The van der Waals surface area contributed by atoms with Crippen molar-refractivity contribution in [2.24, 2.45) is 0 Å². The first-order valence-electron chi connectivity index (χ1n) is 4.73. The topological polar surface area (TPSA) is 39.2 Å². The van der Waals surface area contributed by atoms with E-state index in [1.165, 1.54) is 25.3 Å². The summed E-state index contributed by atoms with van der Waals surface area (Å²) in [6, 6.07) is 3.89. The molecule has 0 unspecified atom stereocenters. The van der Waals surface area contributed by atoms with Crippen molar-refractivity contribution in [3.05, 3.63) is 39.1 Å². The number of benzene rings is 1. The van der Waals surface area contributed by atoms with Crippen LogP contribution in [0.15, 0.2) is 18.2 Å². The Morgan fingerprint density at radius 1 is 1.44 bits per heavy atom. The van der Waals surface area contributed by atoms with Crippen LogP contribution >= 0.6 is 34.5 Å². The van der Waals surface area contributed by atoms with Gasteiger partial charge in [0.1, 0.15) is 10.8 Å². The molecular weight excluding hydrogens is 300 g/mol. The summed E-state index contributed by atoms with van der Waals surface area (Å²) in [6.07, 6.45) is 0. The number of carbonyl (C=O) groups is 1. The molecule has 0 aliphatic rings. The van der Waals surface area contributed by atoms with Crippen molar-refractivity contribution in [2.45, 2.75) is 0 Å². The van der Waals surface area contributed by atoms with Crippen LogP contribution < -0.4 is 0 Å². The number of esters is 1. The average molecular weight is 306 g/mol. The summed E-state index contributed by atoms with van der Waals surface area (Å²) >= 11 is 12.8. The lowest BCUT2D eigenvalue weighted by Gasteiger charge is -1.99. The molecule has 0 aliphatic carbocycles. The number of hydrogen-bond acceptors (Lipinski definition) is 4. The molecule has 1 aromatic heterocycles. The van der Waals surface area contributed by atoms with E-state index in [4.69, 9.17) is 23.2 Å². The van der Waals surface area contributed by atoms with Crippen LogP contribution in [0.3, 0.4) is 0 Å². The number of thiazole rings is 1. The molecule has 0 aliphatic heterocycles. The Hall–Kier alpha value is -1.17. The lowest BCUT2D eigenvalue weighted by Crippen LogP contribution is -1.98. The van der Waals surface area contributed by atoms with Crippen molar-refractivity contribution >= 4 is 40.5 Å². The summed E-state index contributed by atoms with van der Waals surface area (Å²) in [5.74, 6) is -1.03. The molecule has 0 radical (unpaired) electrons. The Balaban J connectivity index is 2.52. The summed E-state index contributed by atoms with van der Waals surface area (Å²) in [7, 11) is 1.24. The molecule has 0 saturated heterocycles. The van der Waals surface area contributed by atoms with Gasteiger partial charge >= 0.3 is 5.97 Å². The highest BCUT2D eigenvalue weighted by Gasteiger charge is 2.19. The molecule has 0 amide bonds.